The van der Waals surface area contributed by atoms with E-state index >= 15 is 0 Å². The molecule has 0 aromatic heterocycles. The van der Waals surface area contributed by atoms with Crippen LogP contribution in [0.1, 0.15) is 25.8 Å². The van der Waals surface area contributed by atoms with Gasteiger partial charge in [0.2, 0.25) is 5.91 Å². The molecule has 2 rings (SSSR count). The third-order valence-electron chi connectivity index (χ3n) is 2.97. The van der Waals surface area contributed by atoms with Crippen molar-refractivity contribution in [2.24, 2.45) is 0 Å². The first-order valence-corrected chi connectivity index (χ1v) is 5.84. The summed E-state index contributed by atoms with van der Waals surface area (Å²) in [4.78, 5) is 11.2. The summed E-state index contributed by atoms with van der Waals surface area (Å²) in [7, 11) is 0. The van der Waals surface area contributed by atoms with E-state index in [9.17, 15) is 9.90 Å². The van der Waals surface area contributed by atoms with Gasteiger partial charge in [-0.05, 0) is 44.0 Å². The zero-order valence-corrected chi connectivity index (χ0v) is 10.1. The maximum absolute atomic E-state index is 11.2. The van der Waals surface area contributed by atoms with Gasteiger partial charge in [0.25, 0.3) is 0 Å². The van der Waals surface area contributed by atoms with Crippen molar-refractivity contribution in [3.05, 3.63) is 23.8 Å². The Labute approximate surface area is 101 Å². The molecular weight excluding hydrogens is 218 g/mol. The van der Waals surface area contributed by atoms with Gasteiger partial charge in [-0.15, -0.1) is 0 Å². The third-order valence-corrected chi connectivity index (χ3v) is 2.97. The summed E-state index contributed by atoms with van der Waals surface area (Å²) < 4.78 is 5.61. The lowest BCUT2D eigenvalue weighted by Gasteiger charge is -2.20. The van der Waals surface area contributed by atoms with Gasteiger partial charge in [0.1, 0.15) is 11.9 Å². The number of rotatable bonds is 3. The number of fused-ring (bicyclic) bond motifs is 1. The summed E-state index contributed by atoms with van der Waals surface area (Å²) >= 11 is 0. The number of amides is 1. The maximum atomic E-state index is 11.2. The van der Waals surface area contributed by atoms with Gasteiger partial charge in [-0.25, -0.2) is 0 Å². The molecule has 1 heterocycles. The van der Waals surface area contributed by atoms with Crippen LogP contribution in [0.15, 0.2) is 18.2 Å². The SMILES string of the molecule is CC(Oc1ccc2c(c1)CCC(=O)N2)[C@H](C)O. The summed E-state index contributed by atoms with van der Waals surface area (Å²) in [5.74, 6) is 0.789. The molecule has 1 unspecified atom stereocenters. The van der Waals surface area contributed by atoms with Crippen molar-refractivity contribution < 1.29 is 14.6 Å². The van der Waals surface area contributed by atoms with E-state index in [1.165, 1.54) is 0 Å². The van der Waals surface area contributed by atoms with E-state index in [1.54, 1.807) is 6.92 Å². The number of benzene rings is 1. The van der Waals surface area contributed by atoms with Crippen LogP contribution in [0, 0.1) is 0 Å². The highest BCUT2D eigenvalue weighted by molar-refractivity contribution is 5.93. The molecule has 17 heavy (non-hydrogen) atoms. The minimum absolute atomic E-state index is 0.0588. The van der Waals surface area contributed by atoms with Gasteiger partial charge in [-0.2, -0.15) is 0 Å². The van der Waals surface area contributed by atoms with Crippen LogP contribution in [0.5, 0.6) is 5.75 Å². The molecule has 4 nitrogen and oxygen atoms in total. The van der Waals surface area contributed by atoms with E-state index in [4.69, 9.17) is 4.74 Å². The van der Waals surface area contributed by atoms with E-state index in [1.807, 2.05) is 25.1 Å². The summed E-state index contributed by atoms with van der Waals surface area (Å²) in [5, 5.41) is 12.2. The van der Waals surface area contributed by atoms with Crippen LogP contribution in [0.25, 0.3) is 0 Å². The highest BCUT2D eigenvalue weighted by Crippen LogP contribution is 2.27. The molecule has 4 heteroatoms. The first kappa shape index (κ1) is 11.9. The van der Waals surface area contributed by atoms with E-state index in [2.05, 4.69) is 5.32 Å². The van der Waals surface area contributed by atoms with E-state index in [0.717, 1.165) is 23.4 Å². The number of nitrogens with one attached hydrogen (secondary N) is 1. The molecule has 0 spiro atoms. The minimum Gasteiger partial charge on any atom is -0.488 e. The van der Waals surface area contributed by atoms with E-state index < -0.39 is 6.10 Å². The number of hydrogen-bond donors (Lipinski definition) is 2. The van der Waals surface area contributed by atoms with Crippen LogP contribution < -0.4 is 10.1 Å². The number of ether oxygens (including phenoxy) is 1. The predicted molar refractivity (Wildman–Crippen MR) is 65.2 cm³/mol. The Morgan fingerprint density at radius 1 is 1.35 bits per heavy atom. The quantitative estimate of drug-likeness (QED) is 0.838. The zero-order valence-electron chi connectivity index (χ0n) is 10.1. The van der Waals surface area contributed by atoms with Gasteiger partial charge < -0.3 is 15.2 Å². The van der Waals surface area contributed by atoms with Gasteiger partial charge in [-0.1, -0.05) is 0 Å². The van der Waals surface area contributed by atoms with Crippen molar-refractivity contribution in [3.8, 4) is 5.75 Å². The lowest BCUT2D eigenvalue weighted by atomic mass is 10.0. The molecule has 0 fully saturated rings. The van der Waals surface area contributed by atoms with Crippen molar-refractivity contribution >= 4 is 11.6 Å². The number of aliphatic hydroxyl groups excluding tert-OH is 1. The van der Waals surface area contributed by atoms with Crippen LogP contribution in [0.4, 0.5) is 5.69 Å². The number of aliphatic hydroxyl groups is 1. The second-order valence-electron chi connectivity index (χ2n) is 4.43. The van der Waals surface area contributed by atoms with Gasteiger partial charge in [0, 0.05) is 12.1 Å². The topological polar surface area (TPSA) is 58.6 Å². The number of carbonyl (C=O) groups excluding carboxylic acids is 1. The Morgan fingerprint density at radius 2 is 2.12 bits per heavy atom. The standard InChI is InChI=1S/C13H17NO3/c1-8(15)9(2)17-11-4-5-12-10(7-11)3-6-13(16)14-12/h4-5,7-9,15H,3,6H2,1-2H3,(H,14,16)/t8-,9?/m0/s1. The average Bonchev–Trinajstić information content (AvgIpc) is 2.29. The lowest BCUT2D eigenvalue weighted by Crippen LogP contribution is -2.25. The predicted octanol–water partition coefficient (Wildman–Crippen LogP) is 1.72. The summed E-state index contributed by atoms with van der Waals surface area (Å²) in [6.45, 7) is 3.52. The van der Waals surface area contributed by atoms with E-state index in [0.29, 0.717) is 6.42 Å². The Hall–Kier alpha value is -1.55. The summed E-state index contributed by atoms with van der Waals surface area (Å²) in [5.41, 5.74) is 1.94. The smallest absolute Gasteiger partial charge is 0.224 e. The number of anilines is 1. The van der Waals surface area contributed by atoms with Crippen LogP contribution in [0.3, 0.4) is 0 Å². The molecule has 0 radical (unpaired) electrons. The van der Waals surface area contributed by atoms with Gasteiger partial charge in [0.05, 0.1) is 6.10 Å². The van der Waals surface area contributed by atoms with Crippen molar-refractivity contribution in [1.82, 2.24) is 0 Å². The molecule has 1 aliphatic rings. The van der Waals surface area contributed by atoms with Crippen molar-refractivity contribution in [2.75, 3.05) is 5.32 Å². The summed E-state index contributed by atoms with van der Waals surface area (Å²) in [6.07, 6.45) is 0.501. The molecule has 0 saturated heterocycles. The number of hydrogen-bond acceptors (Lipinski definition) is 3. The van der Waals surface area contributed by atoms with Gasteiger partial charge in [0.15, 0.2) is 0 Å². The molecule has 1 aromatic rings. The highest BCUT2D eigenvalue weighted by Gasteiger charge is 2.16. The normalized spacial score (nSPS) is 17.9. The van der Waals surface area contributed by atoms with Crippen LogP contribution in [-0.4, -0.2) is 23.2 Å². The number of aryl methyl sites for hydroxylation is 1. The molecule has 0 aliphatic carbocycles. The Kier molecular flexibility index (Phi) is 3.33. The molecular formula is C13H17NO3. The minimum atomic E-state index is -0.509. The van der Waals surface area contributed by atoms with Crippen LogP contribution in [0.2, 0.25) is 0 Å². The number of carbonyl (C=O) groups is 1. The molecule has 0 saturated carbocycles. The molecule has 0 bridgehead atoms. The first-order chi connectivity index (χ1) is 8.06. The maximum Gasteiger partial charge on any atom is 0.224 e. The van der Waals surface area contributed by atoms with Crippen molar-refractivity contribution in [2.45, 2.75) is 38.9 Å². The second-order valence-corrected chi connectivity index (χ2v) is 4.43. The summed E-state index contributed by atoms with van der Waals surface area (Å²) in [6, 6.07) is 5.58. The van der Waals surface area contributed by atoms with Gasteiger partial charge >= 0.3 is 0 Å². The van der Waals surface area contributed by atoms with Crippen LogP contribution in [-0.2, 0) is 11.2 Å². The molecule has 1 aromatic carbocycles. The van der Waals surface area contributed by atoms with Gasteiger partial charge in [-0.3, -0.25) is 4.79 Å². The van der Waals surface area contributed by atoms with Crippen LogP contribution >= 0.6 is 0 Å². The fourth-order valence-corrected chi connectivity index (χ4v) is 1.75. The Balaban J connectivity index is 2.14. The largest absolute Gasteiger partial charge is 0.488 e. The Bertz CT molecular complexity index is 429. The molecule has 1 amide bonds. The molecule has 2 atom stereocenters. The first-order valence-electron chi connectivity index (χ1n) is 5.84. The molecule has 1 aliphatic heterocycles. The fraction of sp³-hybridized carbons (Fsp3) is 0.462. The Morgan fingerprint density at radius 3 is 2.82 bits per heavy atom. The fourth-order valence-electron chi connectivity index (χ4n) is 1.75. The molecule has 92 valence electrons. The third kappa shape index (κ3) is 2.77. The monoisotopic (exact) mass is 235 g/mol. The second kappa shape index (κ2) is 4.75. The average molecular weight is 235 g/mol. The van der Waals surface area contributed by atoms with E-state index in [-0.39, 0.29) is 12.0 Å². The lowest BCUT2D eigenvalue weighted by molar-refractivity contribution is -0.116. The van der Waals surface area contributed by atoms with Crippen molar-refractivity contribution in [3.63, 3.8) is 0 Å². The van der Waals surface area contributed by atoms with Crippen molar-refractivity contribution in [1.29, 1.82) is 0 Å². The zero-order chi connectivity index (χ0) is 12.4. The molecule has 2 N–H and O–H groups in total. The highest BCUT2D eigenvalue weighted by atomic mass is 16.5.